The lowest BCUT2D eigenvalue weighted by Gasteiger charge is -2.08. The zero-order chi connectivity index (χ0) is 12.0. The van der Waals surface area contributed by atoms with Gasteiger partial charge in [0.05, 0.1) is 12.7 Å². The van der Waals surface area contributed by atoms with Gasteiger partial charge in [-0.05, 0) is 25.5 Å². The van der Waals surface area contributed by atoms with Crippen LogP contribution in [0.15, 0.2) is 18.2 Å². The molecule has 0 aliphatic heterocycles. The first kappa shape index (κ1) is 12.7. The number of ether oxygens (including phenoxy) is 2. The van der Waals surface area contributed by atoms with Crippen LogP contribution in [0.25, 0.3) is 0 Å². The van der Waals surface area contributed by atoms with Crippen LogP contribution in [-0.4, -0.2) is 26.6 Å². The van der Waals surface area contributed by atoms with Gasteiger partial charge < -0.3 is 9.47 Å². The van der Waals surface area contributed by atoms with Crippen molar-refractivity contribution >= 4 is 5.78 Å². The lowest BCUT2D eigenvalue weighted by molar-refractivity contribution is 0.0960. The summed E-state index contributed by atoms with van der Waals surface area (Å²) in [5, 5.41) is 0. The van der Waals surface area contributed by atoms with Crippen molar-refractivity contribution in [3.63, 3.8) is 0 Å². The van der Waals surface area contributed by atoms with Crippen molar-refractivity contribution in [1.82, 2.24) is 0 Å². The molecule has 0 spiro atoms. The Morgan fingerprint density at radius 2 is 2.06 bits per heavy atom. The van der Waals surface area contributed by atoms with E-state index < -0.39 is 0 Å². The molecule has 16 heavy (non-hydrogen) atoms. The van der Waals surface area contributed by atoms with Gasteiger partial charge in [-0.2, -0.15) is 0 Å². The maximum atomic E-state index is 11.9. The summed E-state index contributed by atoms with van der Waals surface area (Å²) in [6.45, 7) is 2.57. The quantitative estimate of drug-likeness (QED) is 0.548. The summed E-state index contributed by atoms with van der Waals surface area (Å²) in [7, 11) is 3.22. The summed E-state index contributed by atoms with van der Waals surface area (Å²) in [6, 6.07) is 5.64. The number of ketones is 1. The molecule has 0 radical (unpaired) electrons. The zero-order valence-electron chi connectivity index (χ0n) is 10.1. The molecule has 1 aromatic rings. The van der Waals surface area contributed by atoms with Crippen LogP contribution in [-0.2, 0) is 4.74 Å². The van der Waals surface area contributed by atoms with E-state index in [0.29, 0.717) is 24.3 Å². The minimum absolute atomic E-state index is 0.109. The van der Waals surface area contributed by atoms with E-state index in [1.165, 1.54) is 0 Å². The largest absolute Gasteiger partial charge is 0.496 e. The summed E-state index contributed by atoms with van der Waals surface area (Å²) in [5.74, 6) is 0.755. The van der Waals surface area contributed by atoms with E-state index in [9.17, 15) is 4.79 Å². The molecule has 0 saturated carbocycles. The molecular weight excluding hydrogens is 204 g/mol. The number of carbonyl (C=O) groups is 1. The van der Waals surface area contributed by atoms with E-state index in [1.54, 1.807) is 14.2 Å². The number of hydrogen-bond donors (Lipinski definition) is 0. The maximum Gasteiger partial charge on any atom is 0.166 e. The fourth-order valence-electron chi connectivity index (χ4n) is 1.55. The first-order valence-corrected chi connectivity index (χ1v) is 5.36. The highest BCUT2D eigenvalue weighted by atomic mass is 16.5. The van der Waals surface area contributed by atoms with Crippen molar-refractivity contribution in [2.24, 2.45) is 0 Å². The normalized spacial score (nSPS) is 10.2. The monoisotopic (exact) mass is 222 g/mol. The second-order valence-electron chi connectivity index (χ2n) is 3.72. The van der Waals surface area contributed by atoms with Crippen molar-refractivity contribution in [3.05, 3.63) is 29.3 Å². The number of methoxy groups -OCH3 is 2. The van der Waals surface area contributed by atoms with E-state index in [4.69, 9.17) is 9.47 Å². The van der Waals surface area contributed by atoms with Crippen molar-refractivity contribution < 1.29 is 14.3 Å². The van der Waals surface area contributed by atoms with Crippen molar-refractivity contribution in [1.29, 1.82) is 0 Å². The lowest BCUT2D eigenvalue weighted by atomic mass is 10.0. The molecule has 0 fully saturated rings. The molecule has 0 aliphatic carbocycles. The average molecular weight is 222 g/mol. The fraction of sp³-hybridized carbons (Fsp3) is 0.462. The molecule has 1 aromatic carbocycles. The van der Waals surface area contributed by atoms with Gasteiger partial charge in [-0.25, -0.2) is 0 Å². The summed E-state index contributed by atoms with van der Waals surface area (Å²) < 4.78 is 10.1. The van der Waals surface area contributed by atoms with Gasteiger partial charge in [0.25, 0.3) is 0 Å². The molecule has 0 saturated heterocycles. The molecule has 0 aliphatic rings. The van der Waals surface area contributed by atoms with Crippen LogP contribution in [0.5, 0.6) is 5.75 Å². The highest BCUT2D eigenvalue weighted by molar-refractivity contribution is 5.98. The van der Waals surface area contributed by atoms with Crippen LogP contribution in [0.1, 0.15) is 28.8 Å². The maximum absolute atomic E-state index is 11.9. The Balaban J connectivity index is 2.76. The van der Waals surface area contributed by atoms with Crippen molar-refractivity contribution in [3.8, 4) is 5.75 Å². The van der Waals surface area contributed by atoms with Gasteiger partial charge in [0, 0.05) is 20.1 Å². The number of Topliss-reactive ketones (excluding diaryl/α,β-unsaturated/α-hetero) is 1. The Morgan fingerprint density at radius 3 is 2.69 bits per heavy atom. The first-order valence-electron chi connectivity index (χ1n) is 5.36. The van der Waals surface area contributed by atoms with E-state index in [0.717, 1.165) is 12.0 Å². The number of rotatable bonds is 6. The van der Waals surface area contributed by atoms with Crippen LogP contribution < -0.4 is 4.74 Å². The SMILES string of the molecule is COCCCC(=O)c1cc(C)ccc1OC. The molecule has 0 heterocycles. The Morgan fingerprint density at radius 1 is 1.31 bits per heavy atom. The van der Waals surface area contributed by atoms with Gasteiger partial charge >= 0.3 is 0 Å². The highest BCUT2D eigenvalue weighted by Gasteiger charge is 2.11. The van der Waals surface area contributed by atoms with Gasteiger partial charge in [-0.1, -0.05) is 11.6 Å². The van der Waals surface area contributed by atoms with Crippen LogP contribution in [0.4, 0.5) is 0 Å². The minimum Gasteiger partial charge on any atom is -0.496 e. The van der Waals surface area contributed by atoms with E-state index in [-0.39, 0.29) is 5.78 Å². The number of aryl methyl sites for hydroxylation is 1. The fourth-order valence-corrected chi connectivity index (χ4v) is 1.55. The smallest absolute Gasteiger partial charge is 0.166 e. The van der Waals surface area contributed by atoms with Crippen LogP contribution in [0.3, 0.4) is 0 Å². The lowest BCUT2D eigenvalue weighted by Crippen LogP contribution is -2.04. The molecule has 3 nitrogen and oxygen atoms in total. The topological polar surface area (TPSA) is 35.5 Å². The Labute approximate surface area is 96.4 Å². The van der Waals surface area contributed by atoms with Gasteiger partial charge in [0.2, 0.25) is 0 Å². The summed E-state index contributed by atoms with van der Waals surface area (Å²) >= 11 is 0. The molecule has 1 rings (SSSR count). The second-order valence-corrected chi connectivity index (χ2v) is 3.72. The molecule has 0 N–H and O–H groups in total. The predicted octanol–water partition coefficient (Wildman–Crippen LogP) is 2.61. The molecule has 0 unspecified atom stereocenters. The van der Waals surface area contributed by atoms with Crippen LogP contribution in [0, 0.1) is 6.92 Å². The van der Waals surface area contributed by atoms with Gasteiger partial charge in [0.15, 0.2) is 5.78 Å². The van der Waals surface area contributed by atoms with Crippen LogP contribution >= 0.6 is 0 Å². The third-order valence-corrected chi connectivity index (χ3v) is 2.41. The molecular formula is C13H18O3. The third-order valence-electron chi connectivity index (χ3n) is 2.41. The molecule has 0 amide bonds. The Bertz CT molecular complexity index is 358. The average Bonchev–Trinajstić information content (AvgIpc) is 2.29. The summed E-state index contributed by atoms with van der Waals surface area (Å²) in [4.78, 5) is 11.9. The van der Waals surface area contributed by atoms with E-state index >= 15 is 0 Å². The molecule has 0 aromatic heterocycles. The number of hydrogen-bond acceptors (Lipinski definition) is 3. The minimum atomic E-state index is 0.109. The summed E-state index contributed by atoms with van der Waals surface area (Å²) in [5.41, 5.74) is 1.73. The standard InChI is InChI=1S/C13H18O3/c1-10-6-7-13(16-3)11(9-10)12(14)5-4-8-15-2/h6-7,9H,4-5,8H2,1-3H3. The first-order chi connectivity index (χ1) is 7.69. The number of benzene rings is 1. The van der Waals surface area contributed by atoms with Gasteiger partial charge in [-0.3, -0.25) is 4.79 Å². The molecule has 0 bridgehead atoms. The Kier molecular flexibility index (Phi) is 4.99. The zero-order valence-corrected chi connectivity index (χ0v) is 10.1. The van der Waals surface area contributed by atoms with Gasteiger partial charge in [0.1, 0.15) is 5.75 Å². The Hall–Kier alpha value is -1.35. The third kappa shape index (κ3) is 3.35. The molecule has 88 valence electrons. The van der Waals surface area contributed by atoms with E-state index in [1.807, 2.05) is 25.1 Å². The number of carbonyl (C=O) groups excluding carboxylic acids is 1. The van der Waals surface area contributed by atoms with Gasteiger partial charge in [-0.15, -0.1) is 0 Å². The van der Waals surface area contributed by atoms with E-state index in [2.05, 4.69) is 0 Å². The molecule has 3 heteroatoms. The van der Waals surface area contributed by atoms with Crippen molar-refractivity contribution in [2.45, 2.75) is 19.8 Å². The second kappa shape index (κ2) is 6.28. The molecule has 0 atom stereocenters. The van der Waals surface area contributed by atoms with Crippen molar-refractivity contribution in [2.75, 3.05) is 20.8 Å². The predicted molar refractivity (Wildman–Crippen MR) is 63.2 cm³/mol. The summed E-state index contributed by atoms with van der Waals surface area (Å²) in [6.07, 6.45) is 1.24. The van der Waals surface area contributed by atoms with Crippen LogP contribution in [0.2, 0.25) is 0 Å². The highest BCUT2D eigenvalue weighted by Crippen LogP contribution is 2.21.